The van der Waals surface area contributed by atoms with Gasteiger partial charge in [-0.3, -0.25) is 14.0 Å². The third-order valence-corrected chi connectivity index (χ3v) is 5.69. The Morgan fingerprint density at radius 1 is 1.11 bits per heavy atom. The molecule has 2 heterocycles. The maximum absolute atomic E-state index is 13.2. The fourth-order valence-electron chi connectivity index (χ4n) is 4.01. The van der Waals surface area contributed by atoms with E-state index < -0.39 is 5.41 Å². The van der Waals surface area contributed by atoms with Crippen molar-refractivity contribution < 1.29 is 9.53 Å². The first-order valence-electron chi connectivity index (χ1n) is 9.49. The van der Waals surface area contributed by atoms with Crippen LogP contribution in [0.3, 0.4) is 0 Å². The molecule has 28 heavy (non-hydrogen) atoms. The number of hydrogen-bond acceptors (Lipinski definition) is 4. The zero-order valence-corrected chi connectivity index (χ0v) is 16.2. The molecule has 0 bridgehead atoms. The molecule has 1 fully saturated rings. The summed E-state index contributed by atoms with van der Waals surface area (Å²) in [5.41, 5.74) is 0.995. The fourth-order valence-corrected chi connectivity index (χ4v) is 4.20. The van der Waals surface area contributed by atoms with Gasteiger partial charge in [-0.1, -0.05) is 49.1 Å². The Morgan fingerprint density at radius 3 is 2.71 bits per heavy atom. The zero-order valence-electron chi connectivity index (χ0n) is 15.4. The number of nitrogens with zero attached hydrogens (tertiary/aromatic N) is 2. The topological polar surface area (TPSA) is 60.7 Å². The van der Waals surface area contributed by atoms with Crippen LogP contribution in [0, 0.1) is 0 Å². The van der Waals surface area contributed by atoms with Crippen molar-refractivity contribution in [1.82, 2.24) is 9.38 Å². The highest BCUT2D eigenvalue weighted by atomic mass is 35.5. The zero-order chi connectivity index (χ0) is 19.6. The largest absolute Gasteiger partial charge is 0.458 e. The summed E-state index contributed by atoms with van der Waals surface area (Å²) in [5.74, 6) is -0.274. The number of benzene rings is 1. The highest BCUT2D eigenvalue weighted by Crippen LogP contribution is 2.41. The van der Waals surface area contributed by atoms with Gasteiger partial charge in [0.25, 0.3) is 5.56 Å². The number of esters is 1. The van der Waals surface area contributed by atoms with Gasteiger partial charge in [0.15, 0.2) is 0 Å². The van der Waals surface area contributed by atoms with Crippen LogP contribution in [0.4, 0.5) is 0 Å². The summed E-state index contributed by atoms with van der Waals surface area (Å²) in [4.78, 5) is 29.8. The van der Waals surface area contributed by atoms with Crippen molar-refractivity contribution in [2.75, 3.05) is 0 Å². The van der Waals surface area contributed by atoms with Crippen molar-refractivity contribution in [1.29, 1.82) is 0 Å². The van der Waals surface area contributed by atoms with E-state index in [9.17, 15) is 9.59 Å². The van der Waals surface area contributed by atoms with Gasteiger partial charge in [0, 0.05) is 17.3 Å². The van der Waals surface area contributed by atoms with Crippen LogP contribution in [0.15, 0.2) is 59.5 Å². The summed E-state index contributed by atoms with van der Waals surface area (Å²) in [6, 6.07) is 14.2. The molecule has 1 saturated carbocycles. The van der Waals surface area contributed by atoms with E-state index in [1.165, 1.54) is 10.5 Å². The molecule has 0 atom stereocenters. The van der Waals surface area contributed by atoms with Gasteiger partial charge in [-0.25, -0.2) is 4.98 Å². The van der Waals surface area contributed by atoms with Crippen molar-refractivity contribution in [2.24, 2.45) is 0 Å². The maximum atomic E-state index is 13.2. The molecule has 0 amide bonds. The highest BCUT2D eigenvalue weighted by molar-refractivity contribution is 6.30. The molecule has 144 valence electrons. The Balaban J connectivity index is 1.59. The minimum Gasteiger partial charge on any atom is -0.458 e. The summed E-state index contributed by atoms with van der Waals surface area (Å²) in [6.45, 7) is -0.0260. The van der Waals surface area contributed by atoms with Crippen molar-refractivity contribution >= 4 is 23.2 Å². The molecule has 2 aromatic heterocycles. The minimum absolute atomic E-state index is 0.0260. The molecule has 1 aromatic carbocycles. The number of carbonyl (C=O) groups is 1. The molecule has 0 radical (unpaired) electrons. The van der Waals surface area contributed by atoms with Gasteiger partial charge >= 0.3 is 5.97 Å². The van der Waals surface area contributed by atoms with Gasteiger partial charge in [-0.2, -0.15) is 0 Å². The van der Waals surface area contributed by atoms with Crippen LogP contribution < -0.4 is 5.56 Å². The van der Waals surface area contributed by atoms with Crippen LogP contribution in [0.5, 0.6) is 0 Å². The first kappa shape index (κ1) is 18.7. The SMILES string of the molecule is O=C(OCc1cc(=O)n2ccccc2n1)C1(c2cccc(Cl)c2)CCCCC1. The average molecular weight is 397 g/mol. The molecule has 0 spiro atoms. The van der Waals surface area contributed by atoms with Gasteiger partial charge in [0.1, 0.15) is 12.3 Å². The Morgan fingerprint density at radius 2 is 1.93 bits per heavy atom. The lowest BCUT2D eigenvalue weighted by molar-refractivity contribution is -0.153. The fraction of sp³-hybridized carbons (Fsp3) is 0.318. The van der Waals surface area contributed by atoms with E-state index in [1.807, 2.05) is 24.3 Å². The number of fused-ring (bicyclic) bond motifs is 1. The summed E-state index contributed by atoms with van der Waals surface area (Å²) in [6.07, 6.45) is 6.18. The first-order chi connectivity index (χ1) is 13.6. The molecule has 1 aliphatic rings. The number of pyridine rings is 1. The predicted octanol–water partition coefficient (Wildman–Crippen LogP) is 4.29. The Kier molecular flexibility index (Phi) is 5.18. The Bertz CT molecular complexity index is 1070. The van der Waals surface area contributed by atoms with Crippen molar-refractivity contribution in [2.45, 2.75) is 44.1 Å². The number of rotatable bonds is 4. The molecule has 5 nitrogen and oxygen atoms in total. The van der Waals surface area contributed by atoms with Gasteiger partial charge in [-0.05, 0) is 42.7 Å². The second kappa shape index (κ2) is 7.76. The second-order valence-corrected chi connectivity index (χ2v) is 7.68. The number of carbonyl (C=O) groups excluding carboxylic acids is 1. The third kappa shape index (κ3) is 3.54. The van der Waals surface area contributed by atoms with E-state index in [0.717, 1.165) is 37.7 Å². The Hall–Kier alpha value is -2.66. The predicted molar refractivity (Wildman–Crippen MR) is 107 cm³/mol. The van der Waals surface area contributed by atoms with E-state index in [2.05, 4.69) is 4.98 Å². The summed E-state index contributed by atoms with van der Waals surface area (Å²) < 4.78 is 7.13. The van der Waals surface area contributed by atoms with Crippen molar-refractivity contribution in [3.05, 3.63) is 81.4 Å². The van der Waals surface area contributed by atoms with Gasteiger partial charge in [0.2, 0.25) is 0 Å². The molecule has 6 heteroatoms. The van der Waals surface area contributed by atoms with Gasteiger partial charge in [-0.15, -0.1) is 0 Å². The Labute approximate surface area is 167 Å². The molecule has 1 aliphatic carbocycles. The molecule has 0 unspecified atom stereocenters. The monoisotopic (exact) mass is 396 g/mol. The van der Waals surface area contributed by atoms with E-state index >= 15 is 0 Å². The smallest absolute Gasteiger partial charge is 0.316 e. The first-order valence-corrected chi connectivity index (χ1v) is 9.87. The molecule has 0 aliphatic heterocycles. The molecular formula is C22H21ClN2O3. The van der Waals surface area contributed by atoms with E-state index in [0.29, 0.717) is 16.4 Å². The molecule has 0 saturated heterocycles. The third-order valence-electron chi connectivity index (χ3n) is 5.45. The van der Waals surface area contributed by atoms with Crippen molar-refractivity contribution in [3.63, 3.8) is 0 Å². The van der Waals surface area contributed by atoms with E-state index in [4.69, 9.17) is 16.3 Å². The van der Waals surface area contributed by atoms with Gasteiger partial charge in [0.05, 0.1) is 11.1 Å². The molecular weight excluding hydrogens is 376 g/mol. The standard InChI is InChI=1S/C22H21ClN2O3/c23-17-8-6-7-16(13-17)22(10-3-1-4-11-22)21(27)28-15-18-14-20(26)25-12-5-2-9-19(25)24-18/h2,5-9,12-14H,1,3-4,10-11,15H2. The van der Waals surface area contributed by atoms with E-state index in [-0.39, 0.29) is 18.1 Å². The molecule has 4 rings (SSSR count). The van der Waals surface area contributed by atoms with E-state index in [1.54, 1.807) is 24.4 Å². The lowest BCUT2D eigenvalue weighted by Crippen LogP contribution is -2.39. The molecule has 3 aromatic rings. The summed E-state index contributed by atoms with van der Waals surface area (Å²) >= 11 is 6.18. The van der Waals surface area contributed by atoms with Crippen LogP contribution in [0.1, 0.15) is 43.4 Å². The lowest BCUT2D eigenvalue weighted by atomic mass is 9.69. The second-order valence-electron chi connectivity index (χ2n) is 7.24. The minimum atomic E-state index is -0.685. The van der Waals surface area contributed by atoms with Crippen LogP contribution >= 0.6 is 11.6 Å². The van der Waals surface area contributed by atoms with Crippen LogP contribution in [0.2, 0.25) is 5.02 Å². The number of halogens is 1. The molecule has 0 N–H and O–H groups in total. The number of aromatic nitrogens is 2. The quantitative estimate of drug-likeness (QED) is 0.617. The lowest BCUT2D eigenvalue weighted by Gasteiger charge is -2.35. The van der Waals surface area contributed by atoms with Crippen LogP contribution in [-0.2, 0) is 21.6 Å². The summed E-state index contributed by atoms with van der Waals surface area (Å²) in [5, 5.41) is 0.611. The van der Waals surface area contributed by atoms with Gasteiger partial charge < -0.3 is 4.74 Å². The average Bonchev–Trinajstić information content (AvgIpc) is 2.72. The number of ether oxygens (including phenoxy) is 1. The van der Waals surface area contributed by atoms with Crippen LogP contribution in [0.25, 0.3) is 5.65 Å². The maximum Gasteiger partial charge on any atom is 0.316 e. The van der Waals surface area contributed by atoms with Crippen molar-refractivity contribution in [3.8, 4) is 0 Å². The van der Waals surface area contributed by atoms with Crippen LogP contribution in [-0.4, -0.2) is 15.4 Å². The normalized spacial score (nSPS) is 16.0. The highest BCUT2D eigenvalue weighted by Gasteiger charge is 2.42. The summed E-state index contributed by atoms with van der Waals surface area (Å²) in [7, 11) is 0. The number of hydrogen-bond donors (Lipinski definition) is 0.